The minimum absolute atomic E-state index is 0.452. The van der Waals surface area contributed by atoms with Crippen LogP contribution in [0.3, 0.4) is 0 Å². The van der Waals surface area contributed by atoms with Crippen molar-refractivity contribution in [3.63, 3.8) is 0 Å². The predicted octanol–water partition coefficient (Wildman–Crippen LogP) is 10.2. The molecule has 0 amide bonds. The van der Waals surface area contributed by atoms with Gasteiger partial charge in [0.25, 0.3) is 0 Å². The molecule has 3 aromatic heterocycles. The molecular formula is C45H35BN4O3. The van der Waals surface area contributed by atoms with Gasteiger partial charge in [0.2, 0.25) is 5.95 Å². The van der Waals surface area contributed by atoms with Gasteiger partial charge in [0.1, 0.15) is 11.2 Å². The van der Waals surface area contributed by atoms with Crippen LogP contribution < -0.4 is 5.46 Å². The molecule has 6 aromatic carbocycles. The second-order valence-corrected chi connectivity index (χ2v) is 14.7. The van der Waals surface area contributed by atoms with Crippen molar-refractivity contribution in [2.45, 2.75) is 38.9 Å². The third kappa shape index (κ3) is 5.09. The molecule has 0 atom stereocenters. The van der Waals surface area contributed by atoms with Crippen molar-refractivity contribution in [3.05, 3.63) is 140 Å². The largest absolute Gasteiger partial charge is 0.495 e. The van der Waals surface area contributed by atoms with E-state index in [9.17, 15) is 0 Å². The van der Waals surface area contributed by atoms with E-state index in [1.54, 1.807) is 0 Å². The average molecular weight is 691 g/mol. The zero-order chi connectivity index (χ0) is 35.9. The van der Waals surface area contributed by atoms with Crippen LogP contribution in [0.5, 0.6) is 0 Å². The summed E-state index contributed by atoms with van der Waals surface area (Å²) in [5, 5.41) is 4.26. The van der Waals surface area contributed by atoms with Gasteiger partial charge in [0.05, 0.1) is 22.2 Å². The Morgan fingerprint density at radius 2 is 1.08 bits per heavy atom. The minimum Gasteiger partial charge on any atom is -0.456 e. The van der Waals surface area contributed by atoms with Crippen LogP contribution in [0.2, 0.25) is 0 Å². The monoisotopic (exact) mass is 690 g/mol. The van der Waals surface area contributed by atoms with Crippen molar-refractivity contribution in [1.82, 2.24) is 19.5 Å². The Morgan fingerprint density at radius 3 is 1.75 bits per heavy atom. The van der Waals surface area contributed by atoms with Gasteiger partial charge in [-0.15, -0.1) is 0 Å². The lowest BCUT2D eigenvalue weighted by molar-refractivity contribution is 0.00578. The number of hydrogen-bond acceptors (Lipinski definition) is 6. The van der Waals surface area contributed by atoms with Crippen molar-refractivity contribution in [3.8, 4) is 39.9 Å². The molecule has 1 aliphatic heterocycles. The van der Waals surface area contributed by atoms with E-state index < -0.39 is 18.3 Å². The highest BCUT2D eigenvalue weighted by molar-refractivity contribution is 6.66. The first kappa shape index (κ1) is 31.6. The van der Waals surface area contributed by atoms with Gasteiger partial charge in [0, 0.05) is 32.7 Å². The number of para-hydroxylation sites is 1. The van der Waals surface area contributed by atoms with Gasteiger partial charge in [-0.25, -0.2) is 4.98 Å². The molecule has 0 N–H and O–H groups in total. The van der Waals surface area contributed by atoms with Crippen molar-refractivity contribution < 1.29 is 13.7 Å². The van der Waals surface area contributed by atoms with Crippen LogP contribution in [0, 0.1) is 0 Å². The fraction of sp³-hybridized carbons (Fsp3) is 0.133. The Bertz CT molecular complexity index is 2790. The average Bonchev–Trinajstić information content (AvgIpc) is 3.80. The lowest BCUT2D eigenvalue weighted by atomic mass is 9.76. The van der Waals surface area contributed by atoms with Crippen molar-refractivity contribution in [2.75, 3.05) is 0 Å². The molecule has 7 nitrogen and oxygen atoms in total. The Morgan fingerprint density at radius 1 is 0.491 bits per heavy atom. The molecule has 1 fully saturated rings. The van der Waals surface area contributed by atoms with Gasteiger partial charge in [-0.1, -0.05) is 103 Å². The molecule has 53 heavy (non-hydrogen) atoms. The Labute approximate surface area is 307 Å². The molecule has 0 spiro atoms. The fourth-order valence-electron chi connectivity index (χ4n) is 7.47. The van der Waals surface area contributed by atoms with Crippen LogP contribution in [0.1, 0.15) is 27.7 Å². The smallest absolute Gasteiger partial charge is 0.456 e. The van der Waals surface area contributed by atoms with E-state index in [4.69, 9.17) is 28.7 Å². The van der Waals surface area contributed by atoms with Gasteiger partial charge < -0.3 is 13.7 Å². The Hall–Kier alpha value is -6.09. The molecule has 0 saturated carbocycles. The maximum atomic E-state index is 6.50. The highest BCUT2D eigenvalue weighted by Crippen LogP contribution is 2.40. The van der Waals surface area contributed by atoms with E-state index in [1.807, 2.05) is 72.8 Å². The minimum atomic E-state index is -0.504. The molecule has 0 radical (unpaired) electrons. The van der Waals surface area contributed by atoms with E-state index >= 15 is 0 Å². The first-order valence-electron chi connectivity index (χ1n) is 18.0. The topological polar surface area (TPSA) is 75.2 Å². The summed E-state index contributed by atoms with van der Waals surface area (Å²) in [5.41, 5.74) is 7.77. The number of fused-ring (bicyclic) bond motifs is 6. The molecular weight excluding hydrogens is 655 g/mol. The molecule has 10 rings (SSSR count). The number of hydrogen-bond donors (Lipinski definition) is 0. The predicted molar refractivity (Wildman–Crippen MR) is 213 cm³/mol. The molecule has 1 saturated heterocycles. The maximum Gasteiger partial charge on any atom is 0.495 e. The summed E-state index contributed by atoms with van der Waals surface area (Å²) in [7, 11) is -0.504. The Balaban J connectivity index is 1.14. The van der Waals surface area contributed by atoms with E-state index in [2.05, 4.69) is 99.0 Å². The van der Waals surface area contributed by atoms with Gasteiger partial charge in [-0.05, 0) is 80.7 Å². The molecule has 256 valence electrons. The molecule has 9 aromatic rings. The number of furan rings is 1. The zero-order valence-corrected chi connectivity index (χ0v) is 29.9. The fourth-order valence-corrected chi connectivity index (χ4v) is 7.47. The highest BCUT2D eigenvalue weighted by atomic mass is 16.7. The summed E-state index contributed by atoms with van der Waals surface area (Å²) in [5.74, 6) is 1.81. The van der Waals surface area contributed by atoms with Crippen LogP contribution in [-0.4, -0.2) is 37.8 Å². The van der Waals surface area contributed by atoms with E-state index in [0.29, 0.717) is 17.6 Å². The van der Waals surface area contributed by atoms with Crippen LogP contribution >= 0.6 is 0 Å². The number of aromatic nitrogens is 4. The third-order valence-corrected chi connectivity index (χ3v) is 10.9. The SMILES string of the molecule is CC1(C)OB(c2cccc3oc4ccc(-c5ccc6c(c5)c5ccccc5n6-c5nc(-c6ccccc6)nc(-c6ccccc6)n5)cc4c23)OC1(C)C. The van der Waals surface area contributed by atoms with E-state index in [-0.39, 0.29) is 0 Å². The second-order valence-electron chi connectivity index (χ2n) is 14.7. The summed E-state index contributed by atoms with van der Waals surface area (Å²) in [6.45, 7) is 8.32. The Kier molecular flexibility index (Phi) is 6.99. The zero-order valence-electron chi connectivity index (χ0n) is 29.9. The normalized spacial score (nSPS) is 15.3. The van der Waals surface area contributed by atoms with Gasteiger partial charge in [0.15, 0.2) is 11.6 Å². The first-order chi connectivity index (χ1) is 25.7. The van der Waals surface area contributed by atoms with Crippen LogP contribution in [0.15, 0.2) is 144 Å². The quantitative estimate of drug-likeness (QED) is 0.167. The standard InChI is InChI=1S/C45H35BN4O3/c1-44(2)45(3,4)53-46(52-44)35-19-13-21-39-40(35)34-27-31(23-25-38(34)51-39)30-22-24-37-33(26-30)32-18-11-12-20-36(32)50(37)43-48-41(28-14-7-5-8-15-28)47-42(49-43)29-16-9-6-10-17-29/h5-27H,1-4H3. The van der Waals surface area contributed by atoms with E-state index in [0.717, 1.165) is 71.5 Å². The molecule has 0 bridgehead atoms. The summed E-state index contributed by atoms with van der Waals surface area (Å²) in [6.07, 6.45) is 0. The van der Waals surface area contributed by atoms with E-state index in [1.165, 1.54) is 0 Å². The first-order valence-corrected chi connectivity index (χ1v) is 18.0. The second kappa shape index (κ2) is 11.7. The summed E-state index contributed by atoms with van der Waals surface area (Å²) >= 11 is 0. The molecule has 8 heteroatoms. The van der Waals surface area contributed by atoms with Crippen molar-refractivity contribution >= 4 is 56.3 Å². The third-order valence-electron chi connectivity index (χ3n) is 10.9. The molecule has 0 unspecified atom stereocenters. The van der Waals surface area contributed by atoms with Crippen LogP contribution in [-0.2, 0) is 9.31 Å². The van der Waals surface area contributed by atoms with Gasteiger partial charge >= 0.3 is 7.12 Å². The number of nitrogens with zero attached hydrogens (tertiary/aromatic N) is 4. The van der Waals surface area contributed by atoms with Crippen LogP contribution in [0.25, 0.3) is 83.6 Å². The highest BCUT2D eigenvalue weighted by Gasteiger charge is 2.52. The lowest BCUT2D eigenvalue weighted by Crippen LogP contribution is -2.41. The van der Waals surface area contributed by atoms with Gasteiger partial charge in [-0.3, -0.25) is 4.57 Å². The lowest BCUT2D eigenvalue weighted by Gasteiger charge is -2.32. The molecule has 4 heterocycles. The van der Waals surface area contributed by atoms with Crippen LogP contribution in [0.4, 0.5) is 0 Å². The summed E-state index contributed by atoms with van der Waals surface area (Å²) in [6, 6.07) is 47.7. The molecule has 0 aliphatic carbocycles. The van der Waals surface area contributed by atoms with Crippen molar-refractivity contribution in [1.29, 1.82) is 0 Å². The number of rotatable bonds is 5. The number of benzene rings is 6. The summed E-state index contributed by atoms with van der Waals surface area (Å²) in [4.78, 5) is 15.1. The molecule has 1 aliphatic rings. The maximum absolute atomic E-state index is 6.50. The summed E-state index contributed by atoms with van der Waals surface area (Å²) < 4.78 is 21.5. The van der Waals surface area contributed by atoms with Gasteiger partial charge in [-0.2, -0.15) is 9.97 Å². The van der Waals surface area contributed by atoms with Crippen molar-refractivity contribution in [2.24, 2.45) is 0 Å².